The molecule has 1 aromatic rings. The summed E-state index contributed by atoms with van der Waals surface area (Å²) in [5.74, 6) is -0.123. The van der Waals surface area contributed by atoms with Crippen molar-refractivity contribution in [1.29, 1.82) is 0 Å². The second-order valence-corrected chi connectivity index (χ2v) is 5.21. The van der Waals surface area contributed by atoms with Crippen LogP contribution in [0.3, 0.4) is 0 Å². The number of hydrogen-bond acceptors (Lipinski definition) is 4. The maximum atomic E-state index is 11.8. The lowest BCUT2D eigenvalue weighted by atomic mass is 10.1. The van der Waals surface area contributed by atoms with Crippen molar-refractivity contribution in [3.05, 3.63) is 22.4 Å². The fourth-order valence-corrected chi connectivity index (χ4v) is 2.62. The molecule has 0 aromatic carbocycles. The fraction of sp³-hybridized carbons (Fsp3) is 0.583. The van der Waals surface area contributed by atoms with Gasteiger partial charge in [-0.3, -0.25) is 4.79 Å². The molecule has 1 aromatic heterocycles. The molecule has 4 nitrogen and oxygen atoms in total. The maximum Gasteiger partial charge on any atom is 0.242 e. The summed E-state index contributed by atoms with van der Waals surface area (Å²) in [4.78, 5) is 12.7. The van der Waals surface area contributed by atoms with E-state index in [0.29, 0.717) is 6.54 Å². The summed E-state index contributed by atoms with van der Waals surface area (Å²) in [6, 6.07) is 3.22. The lowest BCUT2D eigenvalue weighted by molar-refractivity contribution is -0.123. The zero-order chi connectivity index (χ0) is 12.1. The highest BCUT2D eigenvalue weighted by atomic mass is 32.1. The Morgan fingerprint density at radius 3 is 3.18 bits per heavy atom. The van der Waals surface area contributed by atoms with Gasteiger partial charge in [-0.2, -0.15) is 0 Å². The first-order chi connectivity index (χ1) is 8.27. The molecule has 1 amide bonds. The lowest BCUT2D eigenvalue weighted by Gasteiger charge is -2.23. The predicted molar refractivity (Wildman–Crippen MR) is 67.8 cm³/mol. The van der Waals surface area contributed by atoms with Crippen molar-refractivity contribution in [2.45, 2.75) is 31.4 Å². The van der Waals surface area contributed by atoms with Crippen molar-refractivity contribution < 1.29 is 9.53 Å². The van der Waals surface area contributed by atoms with Crippen LogP contribution in [0.5, 0.6) is 0 Å². The molecule has 2 unspecified atom stereocenters. The van der Waals surface area contributed by atoms with Gasteiger partial charge in [-0.15, -0.1) is 11.3 Å². The molecule has 1 fully saturated rings. The first-order valence-corrected chi connectivity index (χ1v) is 6.83. The van der Waals surface area contributed by atoms with Crippen LogP contribution in [0.2, 0.25) is 0 Å². The number of ether oxygens (including phenoxy) is 1. The molecule has 1 saturated heterocycles. The lowest BCUT2D eigenvalue weighted by Crippen LogP contribution is -2.40. The highest BCUT2D eigenvalue weighted by Gasteiger charge is 2.19. The summed E-state index contributed by atoms with van der Waals surface area (Å²) >= 11 is 1.50. The van der Waals surface area contributed by atoms with Crippen molar-refractivity contribution >= 4 is 17.2 Å². The molecule has 5 heteroatoms. The van der Waals surface area contributed by atoms with E-state index in [4.69, 9.17) is 10.5 Å². The molecule has 2 heterocycles. The standard InChI is InChI=1S/C12H18N2O2S/c13-11(10-5-3-7-17-10)12(15)14-8-9-4-1-2-6-16-9/h3,5,7,9,11H,1-2,4,6,8,13H2,(H,14,15). The van der Waals surface area contributed by atoms with Gasteiger partial charge in [-0.1, -0.05) is 6.07 Å². The van der Waals surface area contributed by atoms with Crippen LogP contribution < -0.4 is 11.1 Å². The molecule has 2 rings (SSSR count). The summed E-state index contributed by atoms with van der Waals surface area (Å²) in [5, 5.41) is 4.78. The van der Waals surface area contributed by atoms with Gasteiger partial charge >= 0.3 is 0 Å². The van der Waals surface area contributed by atoms with Gasteiger partial charge in [0.15, 0.2) is 0 Å². The number of nitrogens with two attached hydrogens (primary N) is 1. The van der Waals surface area contributed by atoms with E-state index >= 15 is 0 Å². The summed E-state index contributed by atoms with van der Waals surface area (Å²) in [5.41, 5.74) is 5.86. The van der Waals surface area contributed by atoms with Gasteiger partial charge < -0.3 is 15.8 Å². The average molecular weight is 254 g/mol. The van der Waals surface area contributed by atoms with Crippen molar-refractivity contribution in [2.24, 2.45) is 5.73 Å². The fourth-order valence-electron chi connectivity index (χ4n) is 1.89. The largest absolute Gasteiger partial charge is 0.376 e. The SMILES string of the molecule is NC(C(=O)NCC1CCCCO1)c1cccs1. The molecule has 0 spiro atoms. The van der Waals surface area contributed by atoms with Gasteiger partial charge in [-0.25, -0.2) is 0 Å². The third kappa shape index (κ3) is 3.52. The van der Waals surface area contributed by atoms with Crippen LogP contribution in [-0.2, 0) is 9.53 Å². The maximum absolute atomic E-state index is 11.8. The number of rotatable bonds is 4. The summed E-state index contributed by atoms with van der Waals surface area (Å²) in [6.07, 6.45) is 3.48. The molecule has 1 aliphatic rings. The number of carbonyl (C=O) groups excluding carboxylic acids is 1. The topological polar surface area (TPSA) is 64.4 Å². The second-order valence-electron chi connectivity index (χ2n) is 4.23. The molecule has 2 atom stereocenters. The first kappa shape index (κ1) is 12.5. The minimum atomic E-state index is -0.557. The molecule has 17 heavy (non-hydrogen) atoms. The smallest absolute Gasteiger partial charge is 0.242 e. The molecule has 0 bridgehead atoms. The molecular formula is C12H18N2O2S. The van der Waals surface area contributed by atoms with E-state index < -0.39 is 6.04 Å². The van der Waals surface area contributed by atoms with E-state index in [0.717, 1.165) is 24.3 Å². The minimum absolute atomic E-state index is 0.123. The Hall–Kier alpha value is -0.910. The first-order valence-electron chi connectivity index (χ1n) is 5.95. The monoisotopic (exact) mass is 254 g/mol. The highest BCUT2D eigenvalue weighted by Crippen LogP contribution is 2.17. The number of hydrogen-bond donors (Lipinski definition) is 2. The van der Waals surface area contributed by atoms with Gasteiger partial charge in [0, 0.05) is 18.0 Å². The zero-order valence-electron chi connectivity index (χ0n) is 9.72. The van der Waals surface area contributed by atoms with E-state index in [9.17, 15) is 4.79 Å². The van der Waals surface area contributed by atoms with Crippen LogP contribution in [0.1, 0.15) is 30.2 Å². The average Bonchev–Trinajstić information content (AvgIpc) is 2.90. The molecule has 0 saturated carbocycles. The van der Waals surface area contributed by atoms with E-state index in [-0.39, 0.29) is 12.0 Å². The quantitative estimate of drug-likeness (QED) is 0.854. The molecular weight excluding hydrogens is 236 g/mol. The van der Waals surface area contributed by atoms with Gasteiger partial charge in [0.25, 0.3) is 0 Å². The molecule has 3 N–H and O–H groups in total. The molecule has 1 aliphatic heterocycles. The Labute approximate surface area is 105 Å². The zero-order valence-corrected chi connectivity index (χ0v) is 10.5. The number of amides is 1. The van der Waals surface area contributed by atoms with E-state index in [1.165, 1.54) is 17.8 Å². The Bertz CT molecular complexity index is 347. The molecule has 0 radical (unpaired) electrons. The molecule has 94 valence electrons. The Balaban J connectivity index is 1.76. The summed E-state index contributed by atoms with van der Waals surface area (Å²) in [6.45, 7) is 1.37. The Morgan fingerprint density at radius 2 is 2.53 bits per heavy atom. The van der Waals surface area contributed by atoms with Crippen LogP contribution >= 0.6 is 11.3 Å². The number of carbonyl (C=O) groups is 1. The molecule has 0 aliphatic carbocycles. The van der Waals surface area contributed by atoms with Crippen molar-refractivity contribution in [3.8, 4) is 0 Å². The predicted octanol–water partition coefficient (Wildman–Crippen LogP) is 1.43. The van der Waals surface area contributed by atoms with Crippen LogP contribution in [0, 0.1) is 0 Å². The van der Waals surface area contributed by atoms with Crippen LogP contribution in [0.15, 0.2) is 17.5 Å². The van der Waals surface area contributed by atoms with Gasteiger partial charge in [0.05, 0.1) is 6.10 Å². The van der Waals surface area contributed by atoms with Gasteiger partial charge in [0.2, 0.25) is 5.91 Å². The number of thiophene rings is 1. The normalized spacial score (nSPS) is 22.1. The Kier molecular flexibility index (Phi) is 4.53. The summed E-state index contributed by atoms with van der Waals surface area (Å²) < 4.78 is 5.55. The van der Waals surface area contributed by atoms with E-state index in [1.807, 2.05) is 17.5 Å². The third-order valence-electron chi connectivity index (χ3n) is 2.91. The third-order valence-corrected chi connectivity index (χ3v) is 3.87. The highest BCUT2D eigenvalue weighted by molar-refractivity contribution is 7.10. The van der Waals surface area contributed by atoms with E-state index in [1.54, 1.807) is 0 Å². The van der Waals surface area contributed by atoms with E-state index in [2.05, 4.69) is 5.32 Å². The number of nitrogens with one attached hydrogen (secondary N) is 1. The van der Waals surface area contributed by atoms with Crippen molar-refractivity contribution in [3.63, 3.8) is 0 Å². The van der Waals surface area contributed by atoms with Crippen LogP contribution in [0.25, 0.3) is 0 Å². The Morgan fingerprint density at radius 1 is 1.65 bits per heavy atom. The second kappa shape index (κ2) is 6.14. The van der Waals surface area contributed by atoms with Crippen LogP contribution in [0.4, 0.5) is 0 Å². The van der Waals surface area contributed by atoms with Crippen LogP contribution in [-0.4, -0.2) is 25.2 Å². The van der Waals surface area contributed by atoms with Crippen molar-refractivity contribution in [2.75, 3.05) is 13.2 Å². The van der Waals surface area contributed by atoms with Crippen molar-refractivity contribution in [1.82, 2.24) is 5.32 Å². The van der Waals surface area contributed by atoms with Gasteiger partial charge in [-0.05, 0) is 30.7 Å². The minimum Gasteiger partial charge on any atom is -0.376 e. The van der Waals surface area contributed by atoms with Gasteiger partial charge in [0.1, 0.15) is 6.04 Å². The summed E-state index contributed by atoms with van der Waals surface area (Å²) in [7, 11) is 0.